The topological polar surface area (TPSA) is 250 Å². The summed E-state index contributed by atoms with van der Waals surface area (Å²) in [5, 5.41) is 21.1. The van der Waals surface area contributed by atoms with Crippen LogP contribution in [0.3, 0.4) is 0 Å². The van der Waals surface area contributed by atoms with Crippen LogP contribution in [0.4, 0.5) is 11.4 Å². The Labute approximate surface area is 222 Å². The highest BCUT2D eigenvalue weighted by Crippen LogP contribution is 2.25. The van der Waals surface area contributed by atoms with Crippen LogP contribution in [0.2, 0.25) is 0 Å². The van der Waals surface area contributed by atoms with Crippen molar-refractivity contribution < 1.29 is 24.1 Å². The van der Waals surface area contributed by atoms with E-state index in [1.165, 1.54) is 12.1 Å². The van der Waals surface area contributed by atoms with Gasteiger partial charge in [-0.05, 0) is 39.3 Å². The minimum absolute atomic E-state index is 0.00609. The van der Waals surface area contributed by atoms with E-state index in [-0.39, 0.29) is 30.6 Å². The summed E-state index contributed by atoms with van der Waals surface area (Å²) in [6.07, 6.45) is 1.75. The fourth-order valence-corrected chi connectivity index (χ4v) is 2.86. The van der Waals surface area contributed by atoms with Crippen LogP contribution in [0.25, 0.3) is 0 Å². The third-order valence-electron chi connectivity index (χ3n) is 4.54. The minimum Gasteiger partial charge on any atom is -0.385 e. The largest absolute Gasteiger partial charge is 0.385 e. The van der Waals surface area contributed by atoms with Gasteiger partial charge in [-0.25, -0.2) is 0 Å². The number of carbonyl (C=O) groups is 4. The first-order valence-corrected chi connectivity index (χ1v) is 12.0. The zero-order valence-corrected chi connectivity index (χ0v) is 22.6. The summed E-state index contributed by atoms with van der Waals surface area (Å²) >= 11 is 0. The molecule has 1 aromatic rings. The van der Waals surface area contributed by atoms with Crippen molar-refractivity contribution in [2.75, 3.05) is 38.5 Å². The van der Waals surface area contributed by atoms with E-state index in [9.17, 15) is 29.3 Å². The molecule has 0 aliphatic carbocycles. The summed E-state index contributed by atoms with van der Waals surface area (Å²) in [5.74, 6) is -1.46. The van der Waals surface area contributed by atoms with Crippen LogP contribution in [-0.2, 0) is 14.4 Å². The van der Waals surface area contributed by atoms with Crippen molar-refractivity contribution in [3.05, 3.63) is 33.4 Å². The number of hydrogen-bond acceptors (Lipinski definition) is 9. The first-order valence-electron chi connectivity index (χ1n) is 12.0. The van der Waals surface area contributed by atoms with Gasteiger partial charge in [0.25, 0.3) is 5.69 Å². The summed E-state index contributed by atoms with van der Waals surface area (Å²) in [6.45, 7) is 8.24. The third-order valence-corrected chi connectivity index (χ3v) is 4.54. The van der Waals surface area contributed by atoms with Crippen molar-refractivity contribution >= 4 is 41.3 Å². The van der Waals surface area contributed by atoms with Gasteiger partial charge in [-0.3, -0.25) is 34.3 Å². The Kier molecular flexibility index (Phi) is 19.7. The number of benzene rings is 1. The Hall–Kier alpha value is -4.27. The normalized spacial score (nSPS) is 10.2. The number of amides is 3. The van der Waals surface area contributed by atoms with Crippen molar-refractivity contribution in [1.82, 2.24) is 16.0 Å². The first-order chi connectivity index (χ1) is 18.0. The van der Waals surface area contributed by atoms with Crippen molar-refractivity contribution in [3.63, 3.8) is 0 Å². The predicted molar refractivity (Wildman–Crippen MR) is 147 cm³/mol. The molecule has 0 bridgehead atoms. The van der Waals surface area contributed by atoms with E-state index in [1.54, 1.807) is 14.0 Å². The average Bonchev–Trinajstić information content (AvgIpc) is 2.88. The standard InChI is InChI=1S/C11H23N7O3.C10H12N2O3.C2H6/c1-15-7(3-2-4-16-11(13)14)10(21)18-6-9(20)17-5-8(12)19;1-3-11-10-7(2)4-9(12(14)15)5-8(10)6-13;1-2/h7,15H,2-6H2,1H3,(H2,12,19)(H,17,20)(H,18,21)(H4,13,14,16);4-6,11H,3H2,1-2H3;1-2H3. The van der Waals surface area contributed by atoms with Gasteiger partial charge in [-0.15, -0.1) is 0 Å². The van der Waals surface area contributed by atoms with Gasteiger partial charge >= 0.3 is 0 Å². The minimum atomic E-state index is -0.650. The Balaban J connectivity index is 0. The molecule has 15 nitrogen and oxygen atoms in total. The van der Waals surface area contributed by atoms with Crippen LogP contribution in [0, 0.1) is 17.0 Å². The number of primary amides is 1. The number of nitrogens with zero attached hydrogens (tertiary/aromatic N) is 2. The van der Waals surface area contributed by atoms with Gasteiger partial charge in [-0.1, -0.05) is 13.8 Å². The third kappa shape index (κ3) is 15.7. The summed E-state index contributed by atoms with van der Waals surface area (Å²) in [6, 6.07) is 2.27. The number of nitrogens with two attached hydrogens (primary N) is 3. The number of hydrogen-bond donors (Lipinski definition) is 7. The van der Waals surface area contributed by atoms with E-state index < -0.39 is 22.8 Å². The van der Waals surface area contributed by atoms with Crippen LogP contribution in [0.15, 0.2) is 17.1 Å². The Morgan fingerprint density at radius 3 is 2.24 bits per heavy atom. The Morgan fingerprint density at radius 1 is 1.13 bits per heavy atom. The number of carbonyl (C=O) groups excluding carboxylic acids is 4. The SMILES string of the molecule is CC.CCNc1c(C)cc([N+](=O)[O-])cc1C=O.CNC(CCCN=C(N)N)C(=O)NCC(=O)NCC(N)=O. The average molecular weight is 540 g/mol. The lowest BCUT2D eigenvalue weighted by atomic mass is 10.1. The summed E-state index contributed by atoms with van der Waals surface area (Å²) in [7, 11) is 1.64. The Morgan fingerprint density at radius 2 is 1.76 bits per heavy atom. The van der Waals surface area contributed by atoms with E-state index in [0.29, 0.717) is 49.0 Å². The molecule has 0 saturated carbocycles. The summed E-state index contributed by atoms with van der Waals surface area (Å²) < 4.78 is 0. The molecule has 0 saturated heterocycles. The predicted octanol–water partition coefficient (Wildman–Crippen LogP) is -0.481. The van der Waals surface area contributed by atoms with Gasteiger partial charge in [0.05, 0.1) is 24.1 Å². The van der Waals surface area contributed by atoms with Gasteiger partial charge in [-0.2, -0.15) is 0 Å². The zero-order valence-electron chi connectivity index (χ0n) is 22.6. The molecule has 15 heteroatoms. The maximum absolute atomic E-state index is 11.8. The monoisotopic (exact) mass is 539 g/mol. The van der Waals surface area contributed by atoms with Crippen LogP contribution in [0.1, 0.15) is 49.5 Å². The number of anilines is 1. The molecule has 1 atom stereocenters. The number of aldehydes is 1. The second-order valence-electron chi connectivity index (χ2n) is 7.38. The molecule has 1 aromatic carbocycles. The van der Waals surface area contributed by atoms with Crippen molar-refractivity contribution in [2.45, 2.75) is 46.6 Å². The highest BCUT2D eigenvalue weighted by molar-refractivity contribution is 5.89. The molecule has 0 aromatic heterocycles. The maximum atomic E-state index is 11.8. The highest BCUT2D eigenvalue weighted by atomic mass is 16.6. The molecular formula is C23H41N9O6. The number of guanidine groups is 1. The summed E-state index contributed by atoms with van der Waals surface area (Å²) in [5.41, 5.74) is 16.9. The lowest BCUT2D eigenvalue weighted by molar-refractivity contribution is -0.384. The van der Waals surface area contributed by atoms with Gasteiger partial charge < -0.3 is 38.5 Å². The number of non-ortho nitro benzene ring substituents is 1. The molecule has 0 spiro atoms. The molecule has 214 valence electrons. The lowest BCUT2D eigenvalue weighted by Gasteiger charge is -2.15. The quantitative estimate of drug-likeness (QED) is 0.0399. The van der Waals surface area contributed by atoms with Crippen LogP contribution < -0.4 is 38.5 Å². The van der Waals surface area contributed by atoms with Crippen molar-refractivity contribution in [1.29, 1.82) is 0 Å². The van der Waals surface area contributed by atoms with E-state index >= 15 is 0 Å². The van der Waals surface area contributed by atoms with Gasteiger partial charge in [0.2, 0.25) is 17.7 Å². The van der Waals surface area contributed by atoms with E-state index in [4.69, 9.17) is 17.2 Å². The molecule has 0 radical (unpaired) electrons. The second-order valence-corrected chi connectivity index (χ2v) is 7.38. The molecule has 0 aliphatic heterocycles. The van der Waals surface area contributed by atoms with Crippen LogP contribution in [0.5, 0.6) is 0 Å². The fraction of sp³-hybridized carbons (Fsp3) is 0.522. The molecule has 3 amide bonds. The molecule has 10 N–H and O–H groups in total. The maximum Gasteiger partial charge on any atom is 0.270 e. The molecular weight excluding hydrogens is 498 g/mol. The van der Waals surface area contributed by atoms with E-state index in [2.05, 4.69) is 26.3 Å². The molecule has 1 unspecified atom stereocenters. The smallest absolute Gasteiger partial charge is 0.270 e. The van der Waals surface area contributed by atoms with E-state index in [0.717, 1.165) is 0 Å². The van der Waals surface area contributed by atoms with Crippen molar-refractivity contribution in [3.8, 4) is 0 Å². The number of aliphatic imine (C=N–C) groups is 1. The highest BCUT2D eigenvalue weighted by Gasteiger charge is 2.16. The number of nitrogens with one attached hydrogen (secondary N) is 4. The Bertz CT molecular complexity index is 950. The molecule has 38 heavy (non-hydrogen) atoms. The zero-order chi connectivity index (χ0) is 29.7. The number of nitro benzene ring substituents is 1. The van der Waals surface area contributed by atoms with Crippen molar-refractivity contribution in [2.24, 2.45) is 22.2 Å². The molecule has 1 rings (SSSR count). The lowest BCUT2D eigenvalue weighted by Crippen LogP contribution is -2.47. The van der Waals surface area contributed by atoms with Gasteiger partial charge in [0.1, 0.15) is 0 Å². The van der Waals surface area contributed by atoms with E-state index in [1.807, 2.05) is 20.8 Å². The fourth-order valence-electron chi connectivity index (χ4n) is 2.86. The van der Waals surface area contributed by atoms with Crippen LogP contribution in [-0.4, -0.2) is 74.2 Å². The summed E-state index contributed by atoms with van der Waals surface area (Å²) in [4.78, 5) is 58.2. The molecule has 0 heterocycles. The van der Waals surface area contributed by atoms with Gasteiger partial charge in [0, 0.05) is 36.5 Å². The number of nitro groups is 1. The van der Waals surface area contributed by atoms with Gasteiger partial charge in [0.15, 0.2) is 12.2 Å². The number of aryl methyl sites for hydroxylation is 1. The molecule has 0 aliphatic rings. The molecule has 0 fully saturated rings. The number of likely N-dealkylation sites (N-methyl/N-ethyl adjacent to an activating group) is 1. The number of rotatable bonds is 14. The first kappa shape index (κ1) is 35.9. The second kappa shape index (κ2) is 20.9. The van der Waals surface area contributed by atoms with Crippen LogP contribution >= 0.6 is 0 Å².